The molecule has 2 aliphatic rings. The van der Waals surface area contributed by atoms with Crippen molar-refractivity contribution in [3.05, 3.63) is 123 Å². The normalized spacial score (nSPS) is 14.3. The summed E-state index contributed by atoms with van der Waals surface area (Å²) in [6, 6.07) is 18.5. The lowest BCUT2D eigenvalue weighted by atomic mass is 9.68. The lowest BCUT2D eigenvalue weighted by Crippen LogP contribution is -2.31. The van der Waals surface area contributed by atoms with Crippen molar-refractivity contribution in [2.75, 3.05) is 71.1 Å². The first-order valence-electron chi connectivity index (χ1n) is 17.1. The Balaban J connectivity index is 1.80. The van der Waals surface area contributed by atoms with Crippen LogP contribution in [0.5, 0.6) is 23.0 Å². The van der Waals surface area contributed by atoms with Crippen LogP contribution in [0.4, 0.5) is 17.1 Å². The molecule has 0 fully saturated rings. The Labute approximate surface area is 312 Å². The molecule has 11 nitrogen and oxygen atoms in total. The summed E-state index contributed by atoms with van der Waals surface area (Å²) in [5.41, 5.74) is 4.20. The number of anilines is 3. The van der Waals surface area contributed by atoms with E-state index in [2.05, 4.69) is 4.85 Å². The molecule has 11 heteroatoms. The third-order valence-corrected chi connectivity index (χ3v) is 10.2. The number of nitrogens with zero attached hydrogens (tertiary/aromatic N) is 6. The maximum absolute atomic E-state index is 15.3. The van der Waals surface area contributed by atoms with E-state index in [1.165, 1.54) is 24.3 Å². The number of rotatable bonds is 4. The van der Waals surface area contributed by atoms with E-state index in [9.17, 15) is 25.7 Å². The van der Waals surface area contributed by atoms with Crippen LogP contribution in [0.3, 0.4) is 0 Å². The molecule has 0 heterocycles. The highest BCUT2D eigenvalue weighted by Gasteiger charge is 2.43. The zero-order valence-electron chi connectivity index (χ0n) is 31.2. The SMILES string of the molecule is [C-]#[N+]/C(C#N)=C1\C(=C2c3c(O)ccc(N(C)C)c3C(=[N+](C)C)c3c(N(C)C)ccc(O)c32)C([O-])=C1c1c2c(O)cccc2c(N(C)C)c2cccc(O)c12. The van der Waals surface area contributed by atoms with Gasteiger partial charge in [0.2, 0.25) is 5.71 Å². The van der Waals surface area contributed by atoms with Gasteiger partial charge in [-0.1, -0.05) is 30.0 Å². The fraction of sp³-hybridized carbons (Fsp3) is 0.186. The molecular formula is C43H38N6O5. The van der Waals surface area contributed by atoms with Crippen LogP contribution in [0.2, 0.25) is 0 Å². The van der Waals surface area contributed by atoms with Crippen molar-refractivity contribution in [3.8, 4) is 29.1 Å². The molecule has 0 saturated carbocycles. The Kier molecular flexibility index (Phi) is 8.19. The van der Waals surface area contributed by atoms with Gasteiger partial charge in [-0.2, -0.15) is 0 Å². The molecule has 4 N–H and O–H groups in total. The van der Waals surface area contributed by atoms with Crippen LogP contribution in [-0.2, 0) is 0 Å². The summed E-state index contributed by atoms with van der Waals surface area (Å²) in [5.74, 6) is -1.30. The Morgan fingerprint density at radius 3 is 1.52 bits per heavy atom. The van der Waals surface area contributed by atoms with E-state index in [1.54, 1.807) is 36.4 Å². The number of phenolic OH excluding ortho intramolecular Hbond substituents is 4. The first kappa shape index (κ1) is 35.3. The van der Waals surface area contributed by atoms with Crippen LogP contribution in [0.1, 0.15) is 27.8 Å². The number of hydrogen-bond donors (Lipinski definition) is 4. The topological polar surface area (TPSA) is 145 Å². The minimum atomic E-state index is -0.599. The van der Waals surface area contributed by atoms with Gasteiger partial charge in [-0.05, 0) is 47.5 Å². The third-order valence-electron chi connectivity index (χ3n) is 10.2. The fourth-order valence-corrected chi connectivity index (χ4v) is 8.11. The molecule has 54 heavy (non-hydrogen) atoms. The lowest BCUT2D eigenvalue weighted by Gasteiger charge is -2.41. The van der Waals surface area contributed by atoms with E-state index < -0.39 is 11.5 Å². The summed E-state index contributed by atoms with van der Waals surface area (Å²) in [6.07, 6.45) is 0. The van der Waals surface area contributed by atoms with Crippen molar-refractivity contribution in [1.82, 2.24) is 0 Å². The molecule has 5 aromatic rings. The molecule has 0 atom stereocenters. The first-order valence-corrected chi connectivity index (χ1v) is 17.1. The second kappa shape index (κ2) is 12.5. The number of allylic oxidation sites excluding steroid dienone is 3. The van der Waals surface area contributed by atoms with E-state index in [0.717, 1.165) is 0 Å². The molecule has 5 aromatic carbocycles. The summed E-state index contributed by atoms with van der Waals surface area (Å²) < 4.78 is 1.89. The summed E-state index contributed by atoms with van der Waals surface area (Å²) in [5, 5.41) is 74.3. The highest BCUT2D eigenvalue weighted by Crippen LogP contribution is 2.59. The molecule has 0 saturated heterocycles. The van der Waals surface area contributed by atoms with E-state index in [-0.39, 0.29) is 72.8 Å². The molecule has 0 aliphatic heterocycles. The molecule has 0 bridgehead atoms. The minimum Gasteiger partial charge on any atom is -0.872 e. The predicted octanol–water partition coefficient (Wildman–Crippen LogP) is 5.72. The molecule has 0 amide bonds. The van der Waals surface area contributed by atoms with Gasteiger partial charge >= 0.3 is 0 Å². The fourth-order valence-electron chi connectivity index (χ4n) is 8.11. The van der Waals surface area contributed by atoms with Gasteiger partial charge in [0.1, 0.15) is 37.1 Å². The average Bonchev–Trinajstić information content (AvgIpc) is 3.11. The number of fused-ring (bicyclic) bond motifs is 4. The molecule has 0 spiro atoms. The number of nitriles is 1. The lowest BCUT2D eigenvalue weighted by molar-refractivity contribution is -0.463. The standard InChI is InChI=1S/C43H38N6O5/c1-45-23(20-44)32-39(37-30-21(12-10-14-26(30)50)41(48(6)7)22-13-11-15-27(51)31(22)37)43(54)40(32)38-35-28(52)18-16-24(46(2)3)33(35)42(49(8)9)34-25(47(4)5)17-19-29(53)36(34)38/h10-19H,2-9H3,(H4-,50,51,52,53,54)/b32-23-. The van der Waals surface area contributed by atoms with Crippen molar-refractivity contribution in [3.63, 3.8) is 0 Å². The zero-order valence-corrected chi connectivity index (χ0v) is 31.2. The van der Waals surface area contributed by atoms with Gasteiger partial charge in [0.15, 0.2) is 0 Å². The smallest absolute Gasteiger partial charge is 0.270 e. The van der Waals surface area contributed by atoms with Gasteiger partial charge in [-0.3, -0.25) is 0 Å². The van der Waals surface area contributed by atoms with E-state index >= 15 is 5.11 Å². The highest BCUT2D eigenvalue weighted by molar-refractivity contribution is 6.29. The number of hydrogen-bond acceptors (Lipinski definition) is 9. The predicted molar refractivity (Wildman–Crippen MR) is 211 cm³/mol. The van der Waals surface area contributed by atoms with Crippen molar-refractivity contribution in [2.45, 2.75) is 0 Å². The highest BCUT2D eigenvalue weighted by atomic mass is 16.3. The molecule has 270 valence electrons. The van der Waals surface area contributed by atoms with Crippen LogP contribution < -0.4 is 19.8 Å². The van der Waals surface area contributed by atoms with Crippen LogP contribution in [0.15, 0.2) is 83.3 Å². The van der Waals surface area contributed by atoms with Crippen LogP contribution in [0, 0.1) is 17.9 Å². The molecule has 0 aromatic heterocycles. The molecular weight excluding hydrogens is 681 g/mol. The van der Waals surface area contributed by atoms with Crippen molar-refractivity contribution in [2.24, 2.45) is 0 Å². The number of benzene rings is 5. The Morgan fingerprint density at radius 2 is 1.13 bits per heavy atom. The summed E-state index contributed by atoms with van der Waals surface area (Å²) in [6.45, 7) is 8.16. The van der Waals surface area contributed by atoms with Gasteiger partial charge in [-0.15, -0.1) is 0 Å². The van der Waals surface area contributed by atoms with Gasteiger partial charge in [0, 0.05) is 91.7 Å². The van der Waals surface area contributed by atoms with E-state index in [0.29, 0.717) is 44.7 Å². The maximum Gasteiger partial charge on any atom is 0.270 e. The molecule has 0 radical (unpaired) electrons. The Hall–Kier alpha value is -7.11. The second-order valence-corrected chi connectivity index (χ2v) is 14.2. The maximum atomic E-state index is 15.3. The largest absolute Gasteiger partial charge is 0.872 e. The third kappa shape index (κ3) is 4.75. The van der Waals surface area contributed by atoms with Gasteiger partial charge in [0.25, 0.3) is 5.70 Å². The van der Waals surface area contributed by atoms with Gasteiger partial charge < -0.3 is 40.2 Å². The minimum absolute atomic E-state index is 0.0197. The number of aromatic hydroxyl groups is 4. The van der Waals surface area contributed by atoms with E-state index in [1.807, 2.05) is 81.7 Å². The first-order chi connectivity index (χ1) is 25.7. The summed E-state index contributed by atoms with van der Waals surface area (Å²) >= 11 is 0. The summed E-state index contributed by atoms with van der Waals surface area (Å²) in [4.78, 5) is 9.23. The monoisotopic (exact) mass is 718 g/mol. The van der Waals surface area contributed by atoms with Gasteiger partial charge in [-0.25, -0.2) is 14.7 Å². The Bertz CT molecular complexity index is 2590. The van der Waals surface area contributed by atoms with Crippen LogP contribution in [-0.4, -0.2) is 87.1 Å². The molecule has 7 rings (SSSR count). The van der Waals surface area contributed by atoms with Crippen LogP contribution in [0.25, 0.3) is 37.5 Å². The molecule has 0 unspecified atom stereocenters. The van der Waals surface area contributed by atoms with Crippen molar-refractivity contribution >= 4 is 55.5 Å². The summed E-state index contributed by atoms with van der Waals surface area (Å²) in [7, 11) is 14.9. The van der Waals surface area contributed by atoms with Gasteiger partial charge in [0.05, 0.1) is 40.8 Å². The number of phenols is 4. The van der Waals surface area contributed by atoms with Crippen molar-refractivity contribution in [1.29, 1.82) is 5.26 Å². The van der Waals surface area contributed by atoms with Crippen LogP contribution >= 0.6 is 0 Å². The van der Waals surface area contributed by atoms with E-state index in [4.69, 9.17) is 6.57 Å². The molecule has 2 aliphatic carbocycles. The second-order valence-electron chi connectivity index (χ2n) is 14.2. The van der Waals surface area contributed by atoms with Crippen molar-refractivity contribution < 1.29 is 30.1 Å². The quantitative estimate of drug-likeness (QED) is 0.0779. The average molecular weight is 719 g/mol. The zero-order chi connectivity index (χ0) is 39.1. The Morgan fingerprint density at radius 1 is 0.648 bits per heavy atom.